The second kappa shape index (κ2) is 9.85. The summed E-state index contributed by atoms with van der Waals surface area (Å²) in [5, 5.41) is 3.03. The van der Waals surface area contributed by atoms with Crippen LogP contribution in [0.5, 0.6) is 5.75 Å². The van der Waals surface area contributed by atoms with E-state index in [1.54, 1.807) is 7.11 Å². The minimum absolute atomic E-state index is 0.125. The van der Waals surface area contributed by atoms with Gasteiger partial charge >= 0.3 is 5.97 Å². The molecule has 2 aromatic rings. The van der Waals surface area contributed by atoms with Gasteiger partial charge in [-0.3, -0.25) is 10.1 Å². The van der Waals surface area contributed by atoms with E-state index < -0.39 is 11.5 Å². The quantitative estimate of drug-likeness (QED) is 0.511. The summed E-state index contributed by atoms with van der Waals surface area (Å²) in [4.78, 5) is 24.8. The van der Waals surface area contributed by atoms with Crippen LogP contribution in [0.15, 0.2) is 54.6 Å². The molecule has 0 saturated carbocycles. The van der Waals surface area contributed by atoms with Crippen LogP contribution >= 0.6 is 0 Å². The number of Topliss-reactive ketones (excluding diaryl/α,β-unsaturated/α-hetero) is 1. The Kier molecular flexibility index (Phi) is 7.52. The van der Waals surface area contributed by atoms with E-state index in [4.69, 9.17) is 14.2 Å². The van der Waals surface area contributed by atoms with Crippen LogP contribution in [0.1, 0.15) is 18.1 Å². The first-order chi connectivity index (χ1) is 13.0. The summed E-state index contributed by atoms with van der Waals surface area (Å²) < 4.78 is 15.7. The number of methoxy groups -OCH3 is 2. The predicted octanol–water partition coefficient (Wildman–Crippen LogP) is 2.50. The largest absolute Gasteiger partial charge is 0.497 e. The first-order valence-electron chi connectivity index (χ1n) is 8.61. The third-order valence-electron chi connectivity index (χ3n) is 4.32. The Morgan fingerprint density at radius 3 is 2.19 bits per heavy atom. The van der Waals surface area contributed by atoms with Crippen LogP contribution in [-0.2, 0) is 32.2 Å². The molecule has 0 radical (unpaired) electrons. The maximum Gasteiger partial charge on any atom is 0.336 e. The highest BCUT2D eigenvalue weighted by atomic mass is 16.5. The molecule has 27 heavy (non-hydrogen) atoms. The number of esters is 1. The summed E-state index contributed by atoms with van der Waals surface area (Å²) in [6.07, 6.45) is 0. The Morgan fingerprint density at radius 2 is 1.63 bits per heavy atom. The molecule has 0 aliphatic rings. The van der Waals surface area contributed by atoms with Gasteiger partial charge in [0.05, 0.1) is 27.4 Å². The normalized spacial score (nSPS) is 12.9. The van der Waals surface area contributed by atoms with E-state index in [9.17, 15) is 9.59 Å². The fourth-order valence-electron chi connectivity index (χ4n) is 2.62. The van der Waals surface area contributed by atoms with Gasteiger partial charge in [0.25, 0.3) is 0 Å². The number of rotatable bonds is 10. The van der Waals surface area contributed by atoms with Gasteiger partial charge in [-0.15, -0.1) is 0 Å². The Labute approximate surface area is 159 Å². The SMILES string of the molecule is COC(=O)[C@](COCc1ccccc1)(NCc1ccc(OC)cc1)C(C)=O. The van der Waals surface area contributed by atoms with Gasteiger partial charge in [0, 0.05) is 6.54 Å². The van der Waals surface area contributed by atoms with E-state index in [0.29, 0.717) is 6.54 Å². The van der Waals surface area contributed by atoms with Crippen molar-refractivity contribution in [2.45, 2.75) is 25.6 Å². The summed E-state index contributed by atoms with van der Waals surface area (Å²) in [5.74, 6) is -0.303. The van der Waals surface area contributed by atoms with E-state index in [-0.39, 0.29) is 19.0 Å². The minimum Gasteiger partial charge on any atom is -0.497 e. The molecule has 0 amide bonds. The molecule has 6 nitrogen and oxygen atoms in total. The topological polar surface area (TPSA) is 73.9 Å². The number of hydrogen-bond acceptors (Lipinski definition) is 6. The highest BCUT2D eigenvalue weighted by Crippen LogP contribution is 2.16. The summed E-state index contributed by atoms with van der Waals surface area (Å²) in [5.41, 5.74) is 0.284. The second-order valence-corrected chi connectivity index (χ2v) is 6.13. The average Bonchev–Trinajstić information content (AvgIpc) is 2.71. The van der Waals surface area contributed by atoms with Crippen molar-refractivity contribution in [3.63, 3.8) is 0 Å². The van der Waals surface area contributed by atoms with Crippen LogP contribution in [0.4, 0.5) is 0 Å². The van der Waals surface area contributed by atoms with Gasteiger partial charge in [-0.1, -0.05) is 42.5 Å². The van der Waals surface area contributed by atoms with Gasteiger partial charge in [0.2, 0.25) is 0 Å². The zero-order chi connectivity index (χ0) is 19.7. The number of ether oxygens (including phenoxy) is 3. The molecule has 0 aliphatic heterocycles. The molecule has 144 valence electrons. The van der Waals surface area contributed by atoms with Gasteiger partial charge in [-0.2, -0.15) is 0 Å². The zero-order valence-electron chi connectivity index (χ0n) is 15.9. The standard InChI is InChI=1S/C21H25NO5/c1-16(23)21(20(24)26-3,15-27-14-18-7-5-4-6-8-18)22-13-17-9-11-19(25-2)12-10-17/h4-12,22H,13-15H2,1-3H3/t21-/m1/s1. The number of hydrogen-bond donors (Lipinski definition) is 1. The van der Waals surface area contributed by atoms with E-state index in [1.165, 1.54) is 14.0 Å². The highest BCUT2D eigenvalue weighted by Gasteiger charge is 2.44. The van der Waals surface area contributed by atoms with Crippen LogP contribution < -0.4 is 10.1 Å². The van der Waals surface area contributed by atoms with Gasteiger partial charge < -0.3 is 14.2 Å². The van der Waals surface area contributed by atoms with Gasteiger partial charge in [0.1, 0.15) is 5.75 Å². The van der Waals surface area contributed by atoms with Gasteiger partial charge in [-0.25, -0.2) is 4.79 Å². The molecule has 0 aliphatic carbocycles. The number of ketones is 1. The molecule has 0 saturated heterocycles. The molecule has 2 aromatic carbocycles. The van der Waals surface area contributed by atoms with Gasteiger partial charge in [0.15, 0.2) is 11.3 Å². The first-order valence-corrected chi connectivity index (χ1v) is 8.61. The van der Waals surface area contributed by atoms with Crippen LogP contribution in [0.25, 0.3) is 0 Å². The molecule has 1 atom stereocenters. The minimum atomic E-state index is -1.57. The maximum atomic E-state index is 12.4. The van der Waals surface area contributed by atoms with Crippen LogP contribution in [0, 0.1) is 0 Å². The molecule has 0 bridgehead atoms. The molecular weight excluding hydrogens is 346 g/mol. The predicted molar refractivity (Wildman–Crippen MR) is 101 cm³/mol. The lowest BCUT2D eigenvalue weighted by atomic mass is 9.95. The summed E-state index contributed by atoms with van der Waals surface area (Å²) in [7, 11) is 2.85. The molecule has 0 aromatic heterocycles. The van der Waals surface area contributed by atoms with Crippen LogP contribution in [0.2, 0.25) is 0 Å². The number of carbonyl (C=O) groups is 2. The molecular formula is C21H25NO5. The van der Waals surface area contributed by atoms with E-state index >= 15 is 0 Å². The number of carbonyl (C=O) groups excluding carboxylic acids is 2. The van der Waals surface area contributed by atoms with Crippen molar-refractivity contribution in [3.8, 4) is 5.75 Å². The smallest absolute Gasteiger partial charge is 0.336 e. The summed E-state index contributed by atoms with van der Waals surface area (Å²) in [6, 6.07) is 16.9. The molecule has 2 rings (SSSR count). The molecule has 0 heterocycles. The maximum absolute atomic E-state index is 12.4. The lowest BCUT2D eigenvalue weighted by Gasteiger charge is -2.29. The van der Waals surface area contributed by atoms with Crippen molar-refractivity contribution in [2.75, 3.05) is 20.8 Å². The fraction of sp³-hybridized carbons (Fsp3) is 0.333. The highest BCUT2D eigenvalue weighted by molar-refractivity contribution is 6.07. The van der Waals surface area contributed by atoms with E-state index in [0.717, 1.165) is 16.9 Å². The van der Waals surface area contributed by atoms with Crippen molar-refractivity contribution in [1.29, 1.82) is 0 Å². The molecule has 6 heteroatoms. The Balaban J connectivity index is 2.10. The fourth-order valence-corrected chi connectivity index (χ4v) is 2.62. The Bertz CT molecular complexity index is 745. The molecule has 0 fully saturated rings. The average molecular weight is 371 g/mol. The van der Waals surface area contributed by atoms with Crippen LogP contribution in [-0.4, -0.2) is 38.1 Å². The third kappa shape index (κ3) is 5.39. The summed E-state index contributed by atoms with van der Waals surface area (Å²) >= 11 is 0. The Hall–Kier alpha value is -2.70. The van der Waals surface area contributed by atoms with Gasteiger partial charge in [-0.05, 0) is 30.2 Å². The molecule has 0 spiro atoms. The van der Waals surface area contributed by atoms with Crippen molar-refractivity contribution < 1.29 is 23.8 Å². The van der Waals surface area contributed by atoms with Crippen molar-refractivity contribution >= 4 is 11.8 Å². The monoisotopic (exact) mass is 371 g/mol. The Morgan fingerprint density at radius 1 is 0.963 bits per heavy atom. The second-order valence-electron chi connectivity index (χ2n) is 6.13. The number of benzene rings is 2. The summed E-state index contributed by atoms with van der Waals surface area (Å²) in [6.45, 7) is 1.81. The first kappa shape index (κ1) is 20.6. The third-order valence-corrected chi connectivity index (χ3v) is 4.32. The number of nitrogens with one attached hydrogen (secondary N) is 1. The molecule has 0 unspecified atom stereocenters. The van der Waals surface area contributed by atoms with Crippen molar-refractivity contribution in [3.05, 3.63) is 65.7 Å². The van der Waals surface area contributed by atoms with E-state index in [2.05, 4.69) is 5.32 Å². The van der Waals surface area contributed by atoms with E-state index in [1.807, 2.05) is 54.6 Å². The van der Waals surface area contributed by atoms with Crippen LogP contribution in [0.3, 0.4) is 0 Å². The zero-order valence-corrected chi connectivity index (χ0v) is 15.9. The molecule has 1 N–H and O–H groups in total. The van der Waals surface area contributed by atoms with Crippen molar-refractivity contribution in [1.82, 2.24) is 5.32 Å². The lowest BCUT2D eigenvalue weighted by Crippen LogP contribution is -2.60. The lowest BCUT2D eigenvalue weighted by molar-refractivity contribution is -0.156. The van der Waals surface area contributed by atoms with Crippen molar-refractivity contribution in [2.24, 2.45) is 0 Å².